The number of nitrogens with zero attached hydrogens (tertiary/aromatic N) is 2. The van der Waals surface area contributed by atoms with Crippen LogP contribution in [-0.2, 0) is 19.4 Å². The van der Waals surface area contributed by atoms with Gasteiger partial charge in [0, 0.05) is 13.0 Å². The fourth-order valence-corrected chi connectivity index (χ4v) is 2.56. The molecule has 1 atom stereocenters. The summed E-state index contributed by atoms with van der Waals surface area (Å²) in [7, 11) is 0. The molecule has 0 fully saturated rings. The highest BCUT2D eigenvalue weighted by Gasteiger charge is 2.24. The standard InChI is InChI=1S/C16H21N3O/c1-11(2)7-8-15-18-16(20-19-15)14-9-12-5-3-4-6-13(12)10-17-14/h3-6,11,14,17H,7-10H2,1-2H3/t14-/m0/s1. The van der Waals surface area contributed by atoms with E-state index in [1.54, 1.807) is 0 Å². The van der Waals surface area contributed by atoms with Gasteiger partial charge in [0.25, 0.3) is 0 Å². The molecule has 2 heterocycles. The van der Waals surface area contributed by atoms with Crippen molar-refractivity contribution >= 4 is 0 Å². The topological polar surface area (TPSA) is 51.0 Å². The maximum atomic E-state index is 5.43. The average molecular weight is 271 g/mol. The van der Waals surface area contributed by atoms with E-state index in [4.69, 9.17) is 4.52 Å². The van der Waals surface area contributed by atoms with Gasteiger partial charge in [0.05, 0.1) is 6.04 Å². The largest absolute Gasteiger partial charge is 0.338 e. The summed E-state index contributed by atoms with van der Waals surface area (Å²) in [6.45, 7) is 5.28. The summed E-state index contributed by atoms with van der Waals surface area (Å²) >= 11 is 0. The third kappa shape index (κ3) is 2.90. The van der Waals surface area contributed by atoms with Crippen molar-refractivity contribution in [3.8, 4) is 0 Å². The van der Waals surface area contributed by atoms with Crippen LogP contribution < -0.4 is 5.32 Å². The molecule has 0 aliphatic carbocycles. The fourth-order valence-electron chi connectivity index (χ4n) is 2.56. The number of rotatable bonds is 4. The highest BCUT2D eigenvalue weighted by Crippen LogP contribution is 2.24. The Hall–Kier alpha value is -1.68. The Kier molecular flexibility index (Phi) is 3.83. The van der Waals surface area contributed by atoms with Crippen LogP contribution in [0.25, 0.3) is 0 Å². The molecule has 4 nitrogen and oxygen atoms in total. The summed E-state index contributed by atoms with van der Waals surface area (Å²) in [6.07, 6.45) is 2.91. The van der Waals surface area contributed by atoms with Gasteiger partial charge in [-0.05, 0) is 29.9 Å². The first-order valence-electron chi connectivity index (χ1n) is 7.35. The molecular weight excluding hydrogens is 250 g/mol. The zero-order valence-corrected chi connectivity index (χ0v) is 12.1. The zero-order chi connectivity index (χ0) is 13.9. The van der Waals surface area contributed by atoms with E-state index in [1.165, 1.54) is 11.1 Å². The lowest BCUT2D eigenvalue weighted by molar-refractivity contribution is 0.318. The molecule has 0 radical (unpaired) electrons. The third-order valence-electron chi connectivity index (χ3n) is 3.81. The molecular formula is C16H21N3O. The lowest BCUT2D eigenvalue weighted by atomic mass is 9.96. The molecule has 106 valence electrons. The molecule has 20 heavy (non-hydrogen) atoms. The maximum absolute atomic E-state index is 5.43. The first kappa shape index (κ1) is 13.3. The number of nitrogens with one attached hydrogen (secondary N) is 1. The molecule has 1 N–H and O–H groups in total. The predicted octanol–water partition coefficient (Wildman–Crippen LogP) is 3.05. The van der Waals surface area contributed by atoms with Crippen LogP contribution in [0.4, 0.5) is 0 Å². The zero-order valence-electron chi connectivity index (χ0n) is 12.1. The summed E-state index contributed by atoms with van der Waals surface area (Å²) in [5.41, 5.74) is 2.74. The van der Waals surface area contributed by atoms with Gasteiger partial charge in [-0.3, -0.25) is 0 Å². The van der Waals surface area contributed by atoms with Gasteiger partial charge < -0.3 is 9.84 Å². The molecule has 3 rings (SSSR count). The molecule has 1 aromatic carbocycles. The highest BCUT2D eigenvalue weighted by atomic mass is 16.5. The molecule has 0 amide bonds. The minimum absolute atomic E-state index is 0.144. The molecule has 2 aromatic rings. The van der Waals surface area contributed by atoms with E-state index in [1.807, 2.05) is 0 Å². The van der Waals surface area contributed by atoms with E-state index < -0.39 is 0 Å². The number of fused-ring (bicyclic) bond motifs is 1. The van der Waals surface area contributed by atoms with Crippen molar-refractivity contribution < 1.29 is 4.52 Å². The van der Waals surface area contributed by atoms with Crippen molar-refractivity contribution in [1.82, 2.24) is 15.5 Å². The van der Waals surface area contributed by atoms with Crippen molar-refractivity contribution in [3.05, 3.63) is 47.1 Å². The van der Waals surface area contributed by atoms with E-state index >= 15 is 0 Å². The minimum Gasteiger partial charge on any atom is -0.338 e. The predicted molar refractivity (Wildman–Crippen MR) is 77.2 cm³/mol. The van der Waals surface area contributed by atoms with Gasteiger partial charge in [0.15, 0.2) is 5.82 Å². The number of aryl methyl sites for hydroxylation is 1. The quantitative estimate of drug-likeness (QED) is 0.928. The summed E-state index contributed by atoms with van der Waals surface area (Å²) in [4.78, 5) is 4.54. The SMILES string of the molecule is CC(C)CCc1noc([C@@H]2Cc3ccccc3CN2)n1. The Morgan fingerprint density at radius 2 is 2.10 bits per heavy atom. The van der Waals surface area contributed by atoms with Gasteiger partial charge in [0.1, 0.15) is 0 Å². The number of hydrogen-bond acceptors (Lipinski definition) is 4. The van der Waals surface area contributed by atoms with Gasteiger partial charge in [0.2, 0.25) is 5.89 Å². The van der Waals surface area contributed by atoms with Gasteiger partial charge >= 0.3 is 0 Å². The second kappa shape index (κ2) is 5.75. The van der Waals surface area contributed by atoms with E-state index in [2.05, 4.69) is 53.6 Å². The molecule has 4 heteroatoms. The Morgan fingerprint density at radius 1 is 1.30 bits per heavy atom. The fraction of sp³-hybridized carbons (Fsp3) is 0.500. The molecule has 1 aliphatic rings. The van der Waals surface area contributed by atoms with Gasteiger partial charge in [-0.1, -0.05) is 43.3 Å². The molecule has 0 saturated carbocycles. The van der Waals surface area contributed by atoms with Crippen LogP contribution in [0.3, 0.4) is 0 Å². The van der Waals surface area contributed by atoms with Crippen LogP contribution in [0.15, 0.2) is 28.8 Å². The molecule has 0 saturated heterocycles. The normalized spacial score (nSPS) is 18.2. The van der Waals surface area contributed by atoms with E-state index in [0.717, 1.165) is 37.5 Å². The third-order valence-corrected chi connectivity index (χ3v) is 3.81. The number of benzene rings is 1. The molecule has 0 unspecified atom stereocenters. The smallest absolute Gasteiger partial charge is 0.244 e. The first-order chi connectivity index (χ1) is 9.72. The molecule has 1 aromatic heterocycles. The Bertz CT molecular complexity index is 577. The summed E-state index contributed by atoms with van der Waals surface area (Å²) in [5, 5.41) is 7.57. The molecule has 0 bridgehead atoms. The van der Waals surface area contributed by atoms with Crippen LogP contribution in [-0.4, -0.2) is 10.1 Å². The van der Waals surface area contributed by atoms with Gasteiger partial charge in [-0.25, -0.2) is 0 Å². The van der Waals surface area contributed by atoms with Crippen molar-refractivity contribution in [3.63, 3.8) is 0 Å². The number of hydrogen-bond donors (Lipinski definition) is 1. The summed E-state index contributed by atoms with van der Waals surface area (Å²) < 4.78 is 5.43. The summed E-state index contributed by atoms with van der Waals surface area (Å²) in [6, 6.07) is 8.66. The Labute approximate surface area is 119 Å². The molecule has 1 aliphatic heterocycles. The van der Waals surface area contributed by atoms with E-state index in [0.29, 0.717) is 5.92 Å². The van der Waals surface area contributed by atoms with Crippen LogP contribution in [0.2, 0.25) is 0 Å². The van der Waals surface area contributed by atoms with Crippen LogP contribution >= 0.6 is 0 Å². The maximum Gasteiger partial charge on any atom is 0.244 e. The number of aromatic nitrogens is 2. The molecule has 0 spiro atoms. The van der Waals surface area contributed by atoms with Crippen molar-refractivity contribution in [2.45, 2.75) is 45.7 Å². The van der Waals surface area contributed by atoms with E-state index in [9.17, 15) is 0 Å². The van der Waals surface area contributed by atoms with Crippen molar-refractivity contribution in [2.24, 2.45) is 5.92 Å². The second-order valence-corrected chi connectivity index (χ2v) is 5.89. The monoisotopic (exact) mass is 271 g/mol. The van der Waals surface area contributed by atoms with E-state index in [-0.39, 0.29) is 6.04 Å². The Morgan fingerprint density at radius 3 is 2.90 bits per heavy atom. The summed E-state index contributed by atoms with van der Waals surface area (Å²) in [5.74, 6) is 2.21. The minimum atomic E-state index is 0.144. The van der Waals surface area contributed by atoms with Gasteiger partial charge in [-0.2, -0.15) is 4.98 Å². The lowest BCUT2D eigenvalue weighted by Crippen LogP contribution is -2.28. The highest BCUT2D eigenvalue weighted by molar-refractivity contribution is 5.30. The van der Waals surface area contributed by atoms with Crippen LogP contribution in [0.1, 0.15) is 49.2 Å². The van der Waals surface area contributed by atoms with Crippen LogP contribution in [0, 0.1) is 5.92 Å². The first-order valence-corrected chi connectivity index (χ1v) is 7.35. The van der Waals surface area contributed by atoms with Crippen LogP contribution in [0.5, 0.6) is 0 Å². The van der Waals surface area contributed by atoms with Crippen molar-refractivity contribution in [2.75, 3.05) is 0 Å². The van der Waals surface area contributed by atoms with Crippen molar-refractivity contribution in [1.29, 1.82) is 0 Å². The Balaban J connectivity index is 1.69. The van der Waals surface area contributed by atoms with Gasteiger partial charge in [-0.15, -0.1) is 0 Å². The second-order valence-electron chi connectivity index (χ2n) is 5.89. The average Bonchev–Trinajstić information content (AvgIpc) is 2.93. The lowest BCUT2D eigenvalue weighted by Gasteiger charge is -2.23.